The molecule has 1 fully saturated rings. The predicted octanol–water partition coefficient (Wildman–Crippen LogP) is 3.75. The van der Waals surface area contributed by atoms with Gasteiger partial charge >= 0.3 is 0 Å². The van der Waals surface area contributed by atoms with Crippen molar-refractivity contribution in [3.63, 3.8) is 0 Å². The summed E-state index contributed by atoms with van der Waals surface area (Å²) in [5.74, 6) is 0.831. The van der Waals surface area contributed by atoms with Crippen LogP contribution in [0.3, 0.4) is 0 Å². The van der Waals surface area contributed by atoms with Gasteiger partial charge in [0.25, 0.3) is 5.89 Å². The molecular formula is C21H18N4O2. The quantitative estimate of drug-likeness (QED) is 0.712. The monoisotopic (exact) mass is 358 g/mol. The first kappa shape index (κ1) is 17.0. The van der Waals surface area contributed by atoms with E-state index in [0.717, 1.165) is 16.8 Å². The largest absolute Gasteiger partial charge is 0.334 e. The Kier molecular flexibility index (Phi) is 4.21. The van der Waals surface area contributed by atoms with Crippen LogP contribution in [0, 0.1) is 25.2 Å². The Morgan fingerprint density at radius 3 is 2.67 bits per heavy atom. The van der Waals surface area contributed by atoms with E-state index in [2.05, 4.69) is 16.2 Å². The SMILES string of the molecule is Cc1cccc(C)c1N1CC(c2noc(-c3cccc(C#N)c3)n2)CC1=O. The molecule has 0 N–H and O–H groups in total. The fourth-order valence-electron chi connectivity index (χ4n) is 3.57. The second-order valence-electron chi connectivity index (χ2n) is 6.80. The molecule has 0 spiro atoms. The number of rotatable bonds is 3. The number of carbonyl (C=O) groups is 1. The number of benzene rings is 2. The van der Waals surface area contributed by atoms with E-state index in [-0.39, 0.29) is 11.8 Å². The standard InChI is InChI=1S/C21H18N4O2/c1-13-5-3-6-14(2)19(13)25-12-17(10-18(25)26)20-23-21(27-24-20)16-8-4-7-15(9-16)11-22/h3-9,17H,10,12H2,1-2H3. The number of aryl methyl sites for hydroxylation is 2. The molecule has 1 unspecified atom stereocenters. The van der Waals surface area contributed by atoms with Gasteiger partial charge in [-0.2, -0.15) is 10.2 Å². The molecule has 27 heavy (non-hydrogen) atoms. The van der Waals surface area contributed by atoms with Gasteiger partial charge in [0.2, 0.25) is 5.91 Å². The fraction of sp³-hybridized carbons (Fsp3) is 0.238. The Labute approximate surface area is 157 Å². The molecule has 3 aromatic rings. The van der Waals surface area contributed by atoms with Crippen molar-refractivity contribution < 1.29 is 9.32 Å². The molecule has 6 heteroatoms. The molecule has 134 valence electrons. The molecule has 1 aromatic heterocycles. The van der Waals surface area contributed by atoms with Gasteiger partial charge < -0.3 is 9.42 Å². The summed E-state index contributed by atoms with van der Waals surface area (Å²) < 4.78 is 5.39. The summed E-state index contributed by atoms with van der Waals surface area (Å²) in [6, 6.07) is 15.1. The van der Waals surface area contributed by atoms with E-state index in [1.54, 1.807) is 18.2 Å². The van der Waals surface area contributed by atoms with Gasteiger partial charge in [-0.15, -0.1) is 0 Å². The normalized spacial score (nSPS) is 16.6. The molecule has 1 atom stereocenters. The van der Waals surface area contributed by atoms with Crippen LogP contribution in [0.5, 0.6) is 0 Å². The lowest BCUT2D eigenvalue weighted by Gasteiger charge is -2.21. The molecule has 6 nitrogen and oxygen atoms in total. The number of amides is 1. The molecule has 1 aliphatic rings. The maximum absolute atomic E-state index is 12.6. The third-order valence-corrected chi connectivity index (χ3v) is 4.88. The zero-order chi connectivity index (χ0) is 19.0. The van der Waals surface area contributed by atoms with Gasteiger partial charge in [-0.3, -0.25) is 4.79 Å². The topological polar surface area (TPSA) is 83.0 Å². The van der Waals surface area contributed by atoms with Gasteiger partial charge in [0.05, 0.1) is 11.6 Å². The Morgan fingerprint density at radius 2 is 1.93 bits per heavy atom. The highest BCUT2D eigenvalue weighted by Gasteiger charge is 2.35. The minimum atomic E-state index is -0.117. The number of hydrogen-bond acceptors (Lipinski definition) is 5. The molecule has 0 aliphatic carbocycles. The summed E-state index contributed by atoms with van der Waals surface area (Å²) in [4.78, 5) is 18.9. The fourth-order valence-corrected chi connectivity index (χ4v) is 3.57. The van der Waals surface area contributed by atoms with E-state index in [4.69, 9.17) is 9.78 Å². The summed E-state index contributed by atoms with van der Waals surface area (Å²) in [5.41, 5.74) is 4.35. The van der Waals surface area contributed by atoms with Crippen LogP contribution in [0.1, 0.15) is 34.9 Å². The van der Waals surface area contributed by atoms with E-state index in [1.807, 2.05) is 43.0 Å². The molecule has 0 saturated carbocycles. The molecule has 1 amide bonds. The van der Waals surface area contributed by atoms with E-state index in [1.165, 1.54) is 0 Å². The summed E-state index contributed by atoms with van der Waals surface area (Å²) in [5, 5.41) is 13.1. The lowest BCUT2D eigenvalue weighted by molar-refractivity contribution is -0.117. The van der Waals surface area contributed by atoms with Crippen molar-refractivity contribution in [3.8, 4) is 17.5 Å². The highest BCUT2D eigenvalue weighted by atomic mass is 16.5. The smallest absolute Gasteiger partial charge is 0.257 e. The van der Waals surface area contributed by atoms with Crippen LogP contribution in [-0.2, 0) is 4.79 Å². The summed E-state index contributed by atoms with van der Waals surface area (Å²) in [6.45, 7) is 4.55. The second-order valence-corrected chi connectivity index (χ2v) is 6.80. The van der Waals surface area contributed by atoms with E-state index in [0.29, 0.717) is 35.8 Å². The van der Waals surface area contributed by atoms with Crippen molar-refractivity contribution >= 4 is 11.6 Å². The molecule has 2 heterocycles. The molecule has 0 radical (unpaired) electrons. The van der Waals surface area contributed by atoms with Crippen molar-refractivity contribution in [2.24, 2.45) is 0 Å². The van der Waals surface area contributed by atoms with Crippen LogP contribution in [0.15, 0.2) is 47.0 Å². The Balaban J connectivity index is 1.60. The molecule has 0 bridgehead atoms. The van der Waals surface area contributed by atoms with Crippen LogP contribution in [0.4, 0.5) is 5.69 Å². The van der Waals surface area contributed by atoms with Crippen LogP contribution in [0.25, 0.3) is 11.5 Å². The van der Waals surface area contributed by atoms with Gasteiger partial charge in [0, 0.05) is 30.1 Å². The highest BCUT2D eigenvalue weighted by molar-refractivity contribution is 5.97. The maximum Gasteiger partial charge on any atom is 0.257 e. The Morgan fingerprint density at radius 1 is 1.19 bits per heavy atom. The van der Waals surface area contributed by atoms with Crippen LogP contribution < -0.4 is 4.90 Å². The summed E-state index contributed by atoms with van der Waals surface area (Å²) in [7, 11) is 0. The first-order valence-corrected chi connectivity index (χ1v) is 8.77. The van der Waals surface area contributed by atoms with Crippen LogP contribution >= 0.6 is 0 Å². The second kappa shape index (κ2) is 6.69. The Hall–Kier alpha value is -3.46. The van der Waals surface area contributed by atoms with E-state index >= 15 is 0 Å². The average molecular weight is 358 g/mol. The molecule has 4 rings (SSSR count). The highest BCUT2D eigenvalue weighted by Crippen LogP contribution is 2.34. The molecule has 1 saturated heterocycles. The van der Waals surface area contributed by atoms with Crippen molar-refractivity contribution in [3.05, 3.63) is 65.0 Å². The number of hydrogen-bond donors (Lipinski definition) is 0. The number of aromatic nitrogens is 2. The summed E-state index contributed by atoms with van der Waals surface area (Å²) >= 11 is 0. The minimum Gasteiger partial charge on any atom is -0.334 e. The van der Waals surface area contributed by atoms with Crippen LogP contribution in [0.2, 0.25) is 0 Å². The molecule has 1 aliphatic heterocycles. The van der Waals surface area contributed by atoms with Gasteiger partial charge in [0.1, 0.15) is 0 Å². The van der Waals surface area contributed by atoms with Gasteiger partial charge in [-0.25, -0.2) is 0 Å². The van der Waals surface area contributed by atoms with Gasteiger partial charge in [0.15, 0.2) is 5.82 Å². The average Bonchev–Trinajstić information content (AvgIpc) is 3.29. The number of carbonyl (C=O) groups excluding carboxylic acids is 1. The van der Waals surface area contributed by atoms with Crippen molar-refractivity contribution in [1.82, 2.24) is 10.1 Å². The number of anilines is 1. The van der Waals surface area contributed by atoms with Crippen LogP contribution in [-0.4, -0.2) is 22.6 Å². The van der Waals surface area contributed by atoms with Crippen molar-refractivity contribution in [2.45, 2.75) is 26.2 Å². The molecular weight excluding hydrogens is 340 g/mol. The zero-order valence-electron chi connectivity index (χ0n) is 15.1. The minimum absolute atomic E-state index is 0.0650. The zero-order valence-corrected chi connectivity index (χ0v) is 15.1. The number of para-hydroxylation sites is 1. The third-order valence-electron chi connectivity index (χ3n) is 4.88. The number of nitriles is 1. The lowest BCUT2D eigenvalue weighted by atomic mass is 10.1. The van der Waals surface area contributed by atoms with Crippen molar-refractivity contribution in [1.29, 1.82) is 5.26 Å². The van der Waals surface area contributed by atoms with E-state index in [9.17, 15) is 4.79 Å². The van der Waals surface area contributed by atoms with Crippen molar-refractivity contribution in [2.75, 3.05) is 11.4 Å². The van der Waals surface area contributed by atoms with Gasteiger partial charge in [-0.1, -0.05) is 29.4 Å². The molecule has 2 aromatic carbocycles. The predicted molar refractivity (Wildman–Crippen MR) is 100 cm³/mol. The van der Waals surface area contributed by atoms with E-state index < -0.39 is 0 Å². The number of nitrogens with zero attached hydrogens (tertiary/aromatic N) is 4. The third kappa shape index (κ3) is 3.08. The lowest BCUT2D eigenvalue weighted by Crippen LogP contribution is -2.26. The summed E-state index contributed by atoms with van der Waals surface area (Å²) in [6.07, 6.45) is 0.352. The first-order valence-electron chi connectivity index (χ1n) is 8.77. The first-order chi connectivity index (χ1) is 13.1. The maximum atomic E-state index is 12.6. The van der Waals surface area contributed by atoms with Gasteiger partial charge in [-0.05, 0) is 43.2 Å². The Bertz CT molecular complexity index is 1040.